The molecule has 0 saturated carbocycles. The lowest BCUT2D eigenvalue weighted by Gasteiger charge is -2.37. The van der Waals surface area contributed by atoms with E-state index in [1.54, 1.807) is 13.2 Å². The van der Waals surface area contributed by atoms with Crippen LogP contribution in [0.4, 0.5) is 4.79 Å². The van der Waals surface area contributed by atoms with E-state index in [9.17, 15) is 18.9 Å². The monoisotopic (exact) mass is 290 g/mol. The van der Waals surface area contributed by atoms with E-state index in [0.29, 0.717) is 12.3 Å². The Morgan fingerprint density at radius 3 is 2.68 bits per heavy atom. The minimum atomic E-state index is -0.991. The second-order valence-corrected chi connectivity index (χ2v) is 6.67. The lowest BCUT2D eigenvalue weighted by Crippen LogP contribution is -2.56. The van der Waals surface area contributed by atoms with Crippen LogP contribution in [0.15, 0.2) is 0 Å². The number of urea groups is 1. The highest BCUT2D eigenvalue weighted by Gasteiger charge is 2.37. The molecule has 0 aromatic rings. The molecule has 110 valence electrons. The predicted molar refractivity (Wildman–Crippen MR) is 73.5 cm³/mol. The van der Waals surface area contributed by atoms with Crippen LogP contribution in [0.5, 0.6) is 0 Å². The number of aliphatic carboxylic acids is 1. The van der Waals surface area contributed by atoms with Crippen molar-refractivity contribution in [2.75, 3.05) is 18.6 Å². The van der Waals surface area contributed by atoms with Crippen LogP contribution in [0.1, 0.15) is 26.7 Å². The van der Waals surface area contributed by atoms with Crippen LogP contribution in [-0.4, -0.2) is 56.9 Å². The summed E-state index contributed by atoms with van der Waals surface area (Å²) < 4.78 is 11.1. The third-order valence-corrected chi connectivity index (χ3v) is 4.27. The summed E-state index contributed by atoms with van der Waals surface area (Å²) in [7, 11) is -0.991. The van der Waals surface area contributed by atoms with Gasteiger partial charge >= 0.3 is 12.0 Å². The van der Waals surface area contributed by atoms with E-state index in [1.165, 1.54) is 4.90 Å². The molecule has 1 heterocycles. The average molecular weight is 290 g/mol. The van der Waals surface area contributed by atoms with Gasteiger partial charge < -0.3 is 15.3 Å². The zero-order valence-corrected chi connectivity index (χ0v) is 12.4. The summed E-state index contributed by atoms with van der Waals surface area (Å²) in [6.07, 6.45) is 3.20. The lowest BCUT2D eigenvalue weighted by molar-refractivity contribution is -0.145. The molecule has 19 heavy (non-hydrogen) atoms. The van der Waals surface area contributed by atoms with Gasteiger partial charge in [0.15, 0.2) is 0 Å². The lowest BCUT2D eigenvalue weighted by atomic mass is 9.91. The van der Waals surface area contributed by atoms with Gasteiger partial charge in [0.1, 0.15) is 6.04 Å². The minimum absolute atomic E-state index is 0.0485. The van der Waals surface area contributed by atoms with Gasteiger partial charge in [0.2, 0.25) is 0 Å². The van der Waals surface area contributed by atoms with Gasteiger partial charge in [-0.05, 0) is 25.7 Å². The van der Waals surface area contributed by atoms with Crippen molar-refractivity contribution in [1.82, 2.24) is 10.2 Å². The molecule has 4 atom stereocenters. The number of likely N-dealkylation sites (tertiary alicyclic amines) is 1. The molecular weight excluding hydrogens is 268 g/mol. The molecule has 1 rings (SSSR count). The molecule has 7 heteroatoms. The number of nitrogens with zero attached hydrogens (tertiary/aromatic N) is 1. The number of piperidine rings is 1. The minimum Gasteiger partial charge on any atom is -0.480 e. The maximum absolute atomic E-state index is 12.1. The molecule has 0 bridgehead atoms. The normalized spacial score (nSPS) is 26.6. The Kier molecular flexibility index (Phi) is 5.78. The SMILES string of the molecule is CC(CS(C)=O)NC(=O)N1CCCC(C)C1C(=O)O. The first-order valence-corrected chi connectivity index (χ1v) is 8.15. The van der Waals surface area contributed by atoms with E-state index >= 15 is 0 Å². The number of carboxylic acids is 1. The first-order chi connectivity index (χ1) is 8.82. The van der Waals surface area contributed by atoms with E-state index in [-0.39, 0.29) is 18.0 Å². The van der Waals surface area contributed by atoms with Crippen molar-refractivity contribution in [1.29, 1.82) is 0 Å². The summed E-state index contributed by atoms with van der Waals surface area (Å²) in [5.74, 6) is -0.644. The van der Waals surface area contributed by atoms with Gasteiger partial charge in [0.05, 0.1) is 0 Å². The van der Waals surface area contributed by atoms with Gasteiger partial charge in [-0.3, -0.25) is 4.21 Å². The molecular formula is C12H22N2O4S. The maximum atomic E-state index is 12.1. The Balaban J connectivity index is 2.67. The third kappa shape index (κ3) is 4.49. The number of nitrogens with one attached hydrogen (secondary N) is 1. The standard InChI is InChI=1S/C12H22N2O4S/c1-8-5-4-6-14(10(8)11(15)16)12(17)13-9(2)7-19(3)18/h8-10H,4-7H2,1-3H3,(H,13,17)(H,15,16). The average Bonchev–Trinajstić information content (AvgIpc) is 2.26. The number of carbonyl (C=O) groups is 2. The van der Waals surface area contributed by atoms with Crippen molar-refractivity contribution < 1.29 is 18.9 Å². The van der Waals surface area contributed by atoms with E-state index in [2.05, 4.69) is 5.32 Å². The summed E-state index contributed by atoms with van der Waals surface area (Å²) in [4.78, 5) is 24.8. The molecule has 1 aliphatic rings. The van der Waals surface area contributed by atoms with Gasteiger partial charge in [-0.2, -0.15) is 0 Å². The van der Waals surface area contributed by atoms with Crippen molar-refractivity contribution in [3.8, 4) is 0 Å². The van der Waals surface area contributed by atoms with Crippen molar-refractivity contribution >= 4 is 22.8 Å². The van der Waals surface area contributed by atoms with Crippen LogP contribution in [-0.2, 0) is 15.6 Å². The number of hydrogen-bond acceptors (Lipinski definition) is 3. The third-order valence-electron chi connectivity index (χ3n) is 3.30. The highest BCUT2D eigenvalue weighted by molar-refractivity contribution is 7.84. The second-order valence-electron chi connectivity index (χ2n) is 5.19. The smallest absolute Gasteiger partial charge is 0.326 e. The zero-order chi connectivity index (χ0) is 14.6. The molecule has 2 N–H and O–H groups in total. The second kappa shape index (κ2) is 6.88. The Morgan fingerprint density at radius 1 is 1.53 bits per heavy atom. The fourth-order valence-corrected chi connectivity index (χ4v) is 3.27. The molecule has 2 amide bonds. The first-order valence-electron chi connectivity index (χ1n) is 6.43. The Labute approximate surface area is 116 Å². The van der Waals surface area contributed by atoms with Gasteiger partial charge in [0.25, 0.3) is 0 Å². The van der Waals surface area contributed by atoms with Crippen molar-refractivity contribution in [2.24, 2.45) is 5.92 Å². The summed E-state index contributed by atoms with van der Waals surface area (Å²) in [6, 6.07) is -1.38. The molecule has 0 aromatic heterocycles. The number of amides is 2. The fraction of sp³-hybridized carbons (Fsp3) is 0.833. The zero-order valence-electron chi connectivity index (χ0n) is 11.6. The largest absolute Gasteiger partial charge is 0.480 e. The number of carboxylic acid groups (broad SMARTS) is 1. The van der Waals surface area contributed by atoms with E-state index in [0.717, 1.165) is 12.8 Å². The molecule has 6 nitrogen and oxygen atoms in total. The van der Waals surface area contributed by atoms with Gasteiger partial charge in [0, 0.05) is 35.4 Å². The van der Waals surface area contributed by atoms with Gasteiger partial charge in [-0.15, -0.1) is 0 Å². The molecule has 0 spiro atoms. The Morgan fingerprint density at radius 2 is 2.16 bits per heavy atom. The molecule has 0 radical (unpaired) electrons. The van der Waals surface area contributed by atoms with E-state index in [4.69, 9.17) is 0 Å². The van der Waals surface area contributed by atoms with Crippen LogP contribution in [0.3, 0.4) is 0 Å². The number of hydrogen-bond donors (Lipinski definition) is 2. The molecule has 0 aromatic carbocycles. The summed E-state index contributed by atoms with van der Waals surface area (Å²) in [5, 5.41) is 12.0. The van der Waals surface area contributed by atoms with Crippen molar-refractivity contribution in [3.05, 3.63) is 0 Å². The summed E-state index contributed by atoms with van der Waals surface area (Å²) in [6.45, 7) is 4.07. The van der Waals surface area contributed by atoms with E-state index in [1.807, 2.05) is 6.92 Å². The molecule has 1 saturated heterocycles. The molecule has 1 aliphatic heterocycles. The Bertz CT molecular complexity index is 375. The van der Waals surface area contributed by atoms with Crippen LogP contribution in [0, 0.1) is 5.92 Å². The predicted octanol–water partition coefficient (Wildman–Crippen LogP) is 0.648. The van der Waals surface area contributed by atoms with Crippen LogP contribution in [0.25, 0.3) is 0 Å². The van der Waals surface area contributed by atoms with E-state index < -0.39 is 22.8 Å². The van der Waals surface area contributed by atoms with Crippen molar-refractivity contribution in [2.45, 2.75) is 38.8 Å². The number of rotatable bonds is 4. The van der Waals surface area contributed by atoms with Crippen molar-refractivity contribution in [3.63, 3.8) is 0 Å². The quantitative estimate of drug-likeness (QED) is 0.796. The molecule has 1 fully saturated rings. The summed E-state index contributed by atoms with van der Waals surface area (Å²) >= 11 is 0. The van der Waals surface area contributed by atoms with Crippen LogP contribution in [0.2, 0.25) is 0 Å². The first kappa shape index (κ1) is 15.9. The molecule has 4 unspecified atom stereocenters. The maximum Gasteiger partial charge on any atom is 0.326 e. The van der Waals surface area contributed by atoms with Gasteiger partial charge in [-0.1, -0.05) is 6.92 Å². The Hall–Kier alpha value is -1.11. The van der Waals surface area contributed by atoms with Crippen LogP contribution >= 0.6 is 0 Å². The molecule has 0 aliphatic carbocycles. The van der Waals surface area contributed by atoms with Gasteiger partial charge in [-0.25, -0.2) is 9.59 Å². The summed E-state index contributed by atoms with van der Waals surface area (Å²) in [5.41, 5.74) is 0. The van der Waals surface area contributed by atoms with Crippen LogP contribution < -0.4 is 5.32 Å². The number of carbonyl (C=O) groups excluding carboxylic acids is 1. The topological polar surface area (TPSA) is 86.7 Å². The highest BCUT2D eigenvalue weighted by atomic mass is 32.2. The highest BCUT2D eigenvalue weighted by Crippen LogP contribution is 2.23. The fourth-order valence-electron chi connectivity index (χ4n) is 2.48.